The fraction of sp³-hybridized carbons (Fsp3) is 0.429. The van der Waals surface area contributed by atoms with Gasteiger partial charge in [0.2, 0.25) is 11.8 Å². The van der Waals surface area contributed by atoms with Gasteiger partial charge in [-0.3, -0.25) is 9.59 Å². The average Bonchev–Trinajstić information content (AvgIpc) is 2.91. The Morgan fingerprint density at radius 2 is 1.69 bits per heavy atom. The molecule has 2 atom stereocenters. The van der Waals surface area contributed by atoms with Gasteiger partial charge in [-0.15, -0.1) is 11.3 Å². The molecular formula is C21H28N2O2S. The largest absolute Gasteiger partial charge is 0.348 e. The summed E-state index contributed by atoms with van der Waals surface area (Å²) in [4.78, 5) is 27.6. The molecule has 0 fully saturated rings. The van der Waals surface area contributed by atoms with Crippen LogP contribution < -0.4 is 10.6 Å². The summed E-state index contributed by atoms with van der Waals surface area (Å²) >= 11 is 1.73. The highest BCUT2D eigenvalue weighted by atomic mass is 32.1. The van der Waals surface area contributed by atoms with E-state index in [1.807, 2.05) is 51.1 Å². The Labute approximate surface area is 160 Å². The zero-order chi connectivity index (χ0) is 19.3. The number of nitrogens with one attached hydrogen (secondary N) is 2. The van der Waals surface area contributed by atoms with Crippen LogP contribution in [0.2, 0.25) is 0 Å². The SMILES string of the molecule is Cc1cc([C@H](C)NC(=O)[C@H](NC(=O)Cc2ccccc2)C(C)C)c(C)s1. The summed E-state index contributed by atoms with van der Waals surface area (Å²) in [6.45, 7) is 10.00. The number of hydrogen-bond acceptors (Lipinski definition) is 3. The number of hydrogen-bond donors (Lipinski definition) is 2. The molecule has 0 radical (unpaired) electrons. The number of aryl methyl sites for hydroxylation is 2. The Kier molecular flexibility index (Phi) is 6.98. The van der Waals surface area contributed by atoms with Crippen molar-refractivity contribution in [3.63, 3.8) is 0 Å². The van der Waals surface area contributed by atoms with E-state index in [-0.39, 0.29) is 30.2 Å². The zero-order valence-electron chi connectivity index (χ0n) is 16.1. The molecule has 1 heterocycles. The molecule has 5 heteroatoms. The molecule has 0 spiro atoms. The maximum Gasteiger partial charge on any atom is 0.243 e. The summed E-state index contributed by atoms with van der Waals surface area (Å²) in [5.41, 5.74) is 2.07. The van der Waals surface area contributed by atoms with Crippen molar-refractivity contribution in [3.8, 4) is 0 Å². The smallest absolute Gasteiger partial charge is 0.243 e. The molecule has 2 aromatic rings. The van der Waals surface area contributed by atoms with Crippen LogP contribution in [0, 0.1) is 19.8 Å². The predicted molar refractivity (Wildman–Crippen MR) is 107 cm³/mol. The minimum absolute atomic E-state index is 0.00670. The molecule has 0 aliphatic heterocycles. The van der Waals surface area contributed by atoms with E-state index in [4.69, 9.17) is 0 Å². The van der Waals surface area contributed by atoms with Crippen molar-refractivity contribution < 1.29 is 9.59 Å². The number of carbonyl (C=O) groups excluding carboxylic acids is 2. The van der Waals surface area contributed by atoms with Gasteiger partial charge >= 0.3 is 0 Å². The van der Waals surface area contributed by atoms with Crippen LogP contribution in [0.15, 0.2) is 36.4 Å². The van der Waals surface area contributed by atoms with Crippen molar-refractivity contribution in [2.45, 2.75) is 53.1 Å². The van der Waals surface area contributed by atoms with Crippen molar-refractivity contribution in [1.82, 2.24) is 10.6 Å². The number of thiophene rings is 1. The molecule has 2 amide bonds. The molecule has 26 heavy (non-hydrogen) atoms. The summed E-state index contributed by atoms with van der Waals surface area (Å²) in [5, 5.41) is 5.95. The van der Waals surface area contributed by atoms with E-state index in [1.165, 1.54) is 9.75 Å². The molecule has 0 saturated carbocycles. The van der Waals surface area contributed by atoms with Gasteiger partial charge < -0.3 is 10.6 Å². The molecule has 1 aromatic heterocycles. The Balaban J connectivity index is 2.00. The lowest BCUT2D eigenvalue weighted by atomic mass is 10.0. The lowest BCUT2D eigenvalue weighted by molar-refractivity contribution is -0.130. The maximum atomic E-state index is 12.8. The first-order valence-corrected chi connectivity index (χ1v) is 9.80. The van der Waals surface area contributed by atoms with E-state index in [0.717, 1.165) is 11.1 Å². The molecule has 140 valence electrons. The third kappa shape index (κ3) is 5.43. The van der Waals surface area contributed by atoms with Crippen molar-refractivity contribution in [3.05, 3.63) is 57.3 Å². The van der Waals surface area contributed by atoms with Crippen LogP contribution in [-0.2, 0) is 16.0 Å². The van der Waals surface area contributed by atoms with Crippen molar-refractivity contribution in [1.29, 1.82) is 0 Å². The number of carbonyl (C=O) groups is 2. The quantitative estimate of drug-likeness (QED) is 0.774. The fourth-order valence-corrected chi connectivity index (χ4v) is 4.02. The second kappa shape index (κ2) is 8.99. The van der Waals surface area contributed by atoms with Crippen molar-refractivity contribution in [2.75, 3.05) is 0 Å². The number of benzene rings is 1. The first-order chi connectivity index (χ1) is 12.3. The van der Waals surface area contributed by atoms with E-state index in [1.54, 1.807) is 11.3 Å². The van der Waals surface area contributed by atoms with E-state index in [9.17, 15) is 9.59 Å². The summed E-state index contributed by atoms with van der Waals surface area (Å²) in [6.07, 6.45) is 0.274. The van der Waals surface area contributed by atoms with E-state index < -0.39 is 6.04 Å². The molecule has 0 aliphatic carbocycles. The highest BCUT2D eigenvalue weighted by molar-refractivity contribution is 7.12. The Morgan fingerprint density at radius 3 is 2.23 bits per heavy atom. The molecule has 4 nitrogen and oxygen atoms in total. The Morgan fingerprint density at radius 1 is 1.04 bits per heavy atom. The van der Waals surface area contributed by atoms with Crippen LogP contribution in [0.25, 0.3) is 0 Å². The first-order valence-electron chi connectivity index (χ1n) is 8.98. The van der Waals surface area contributed by atoms with Gasteiger partial charge in [-0.25, -0.2) is 0 Å². The standard InChI is InChI=1S/C21H28N2O2S/c1-13(2)20(23-19(24)12-17-9-7-6-8-10-17)21(25)22-15(4)18-11-14(3)26-16(18)5/h6-11,13,15,20H,12H2,1-5H3,(H,22,25)(H,23,24)/t15-,20+/m0/s1. The third-order valence-corrected chi connectivity index (χ3v) is 5.36. The second-order valence-corrected chi connectivity index (χ2v) is 8.51. The van der Waals surface area contributed by atoms with Gasteiger partial charge in [-0.2, -0.15) is 0 Å². The van der Waals surface area contributed by atoms with E-state index in [2.05, 4.69) is 30.5 Å². The van der Waals surface area contributed by atoms with Crippen LogP contribution in [0.4, 0.5) is 0 Å². The van der Waals surface area contributed by atoms with Gasteiger partial charge in [-0.1, -0.05) is 44.2 Å². The topological polar surface area (TPSA) is 58.2 Å². The summed E-state index contributed by atoms with van der Waals surface area (Å²) in [7, 11) is 0. The molecule has 0 aliphatic rings. The summed E-state index contributed by atoms with van der Waals surface area (Å²) in [6, 6.07) is 11.0. The van der Waals surface area contributed by atoms with Gasteiger partial charge in [-0.05, 0) is 43.9 Å². The molecule has 0 saturated heterocycles. The third-order valence-electron chi connectivity index (χ3n) is 4.38. The lowest BCUT2D eigenvalue weighted by Crippen LogP contribution is -2.50. The fourth-order valence-electron chi connectivity index (χ4n) is 3.00. The molecule has 1 aromatic carbocycles. The lowest BCUT2D eigenvalue weighted by Gasteiger charge is -2.24. The maximum absolute atomic E-state index is 12.8. The molecule has 0 unspecified atom stereocenters. The molecule has 2 N–H and O–H groups in total. The van der Waals surface area contributed by atoms with Gasteiger partial charge in [0.25, 0.3) is 0 Å². The van der Waals surface area contributed by atoms with Crippen LogP contribution in [0.5, 0.6) is 0 Å². The monoisotopic (exact) mass is 372 g/mol. The van der Waals surface area contributed by atoms with Crippen molar-refractivity contribution in [2.24, 2.45) is 5.92 Å². The Hall–Kier alpha value is -2.14. The molecular weight excluding hydrogens is 344 g/mol. The van der Waals surface area contributed by atoms with Crippen molar-refractivity contribution >= 4 is 23.2 Å². The van der Waals surface area contributed by atoms with Gasteiger partial charge in [0.15, 0.2) is 0 Å². The summed E-state index contributed by atoms with van der Waals surface area (Å²) in [5.74, 6) is -0.273. The highest BCUT2D eigenvalue weighted by Crippen LogP contribution is 2.26. The average molecular weight is 373 g/mol. The normalized spacial score (nSPS) is 13.3. The predicted octanol–water partition coefficient (Wildman–Crippen LogP) is 3.93. The van der Waals surface area contributed by atoms with Crippen LogP contribution >= 0.6 is 11.3 Å². The van der Waals surface area contributed by atoms with Gasteiger partial charge in [0.1, 0.15) is 6.04 Å². The molecule has 2 rings (SSSR count). The Bertz CT molecular complexity index is 753. The van der Waals surface area contributed by atoms with Crippen LogP contribution in [-0.4, -0.2) is 17.9 Å². The van der Waals surface area contributed by atoms with E-state index >= 15 is 0 Å². The van der Waals surface area contributed by atoms with Crippen LogP contribution in [0.3, 0.4) is 0 Å². The minimum Gasteiger partial charge on any atom is -0.348 e. The number of amides is 2. The summed E-state index contributed by atoms with van der Waals surface area (Å²) < 4.78 is 0. The van der Waals surface area contributed by atoms with Crippen LogP contribution in [0.1, 0.15) is 47.7 Å². The van der Waals surface area contributed by atoms with Gasteiger partial charge in [0, 0.05) is 9.75 Å². The second-order valence-electron chi connectivity index (χ2n) is 7.05. The highest BCUT2D eigenvalue weighted by Gasteiger charge is 2.26. The molecule has 0 bridgehead atoms. The minimum atomic E-state index is -0.547. The van der Waals surface area contributed by atoms with E-state index in [0.29, 0.717) is 0 Å². The zero-order valence-corrected chi connectivity index (χ0v) is 16.9. The van der Waals surface area contributed by atoms with Gasteiger partial charge in [0.05, 0.1) is 12.5 Å². The number of rotatable bonds is 7. The first kappa shape index (κ1) is 20.2.